The lowest BCUT2D eigenvalue weighted by molar-refractivity contribution is -0.138. The van der Waals surface area contributed by atoms with Gasteiger partial charge in [-0.25, -0.2) is 0 Å². The lowest BCUT2D eigenvalue weighted by Crippen LogP contribution is -2.45. The van der Waals surface area contributed by atoms with Gasteiger partial charge >= 0.3 is 6.18 Å². The van der Waals surface area contributed by atoms with Gasteiger partial charge in [-0.15, -0.1) is 0 Å². The first-order valence-corrected chi connectivity index (χ1v) is 5.97. The molecule has 2 atom stereocenters. The Morgan fingerprint density at radius 1 is 1.47 bits per heavy atom. The Kier molecular flexibility index (Phi) is 3.25. The van der Waals surface area contributed by atoms with E-state index >= 15 is 0 Å². The van der Waals surface area contributed by atoms with Gasteiger partial charge in [0.05, 0.1) is 6.61 Å². The van der Waals surface area contributed by atoms with Crippen LogP contribution in [0, 0.1) is 0 Å². The molecule has 2 saturated heterocycles. The molecular formula is C12H18F3NO. The molecule has 17 heavy (non-hydrogen) atoms. The van der Waals surface area contributed by atoms with Crippen LogP contribution in [-0.2, 0) is 0 Å². The summed E-state index contributed by atoms with van der Waals surface area (Å²) < 4.78 is 36.7. The Balaban J connectivity index is 2.00. The van der Waals surface area contributed by atoms with Gasteiger partial charge in [-0.05, 0) is 25.7 Å². The highest BCUT2D eigenvalue weighted by molar-refractivity contribution is 5.19. The highest BCUT2D eigenvalue weighted by Crippen LogP contribution is 2.45. The Morgan fingerprint density at radius 3 is 2.76 bits per heavy atom. The first kappa shape index (κ1) is 12.9. The van der Waals surface area contributed by atoms with E-state index in [1.807, 2.05) is 4.90 Å². The van der Waals surface area contributed by atoms with Crippen molar-refractivity contribution in [3.05, 3.63) is 12.2 Å². The second kappa shape index (κ2) is 4.28. The number of nitrogens with zero attached hydrogens (tertiary/aromatic N) is 1. The minimum atomic E-state index is -4.08. The molecule has 0 aromatic carbocycles. The highest BCUT2D eigenvalue weighted by Gasteiger charge is 2.50. The van der Waals surface area contributed by atoms with Crippen LogP contribution in [0.2, 0.25) is 0 Å². The fraction of sp³-hybridized carbons (Fsp3) is 0.833. The third-order valence-corrected chi connectivity index (χ3v) is 4.02. The largest absolute Gasteiger partial charge is 0.394 e. The zero-order valence-electron chi connectivity index (χ0n) is 9.76. The van der Waals surface area contributed by atoms with Gasteiger partial charge in [0.1, 0.15) is 0 Å². The van der Waals surface area contributed by atoms with E-state index in [1.54, 1.807) is 0 Å². The number of hydrogen-bond donors (Lipinski definition) is 1. The number of alkyl halides is 3. The molecule has 0 bridgehead atoms. The van der Waals surface area contributed by atoms with Crippen molar-refractivity contribution in [2.45, 2.75) is 49.9 Å². The average molecular weight is 249 g/mol. The lowest BCUT2D eigenvalue weighted by Gasteiger charge is -2.33. The van der Waals surface area contributed by atoms with Gasteiger partial charge in [0, 0.05) is 24.5 Å². The van der Waals surface area contributed by atoms with Crippen LogP contribution in [-0.4, -0.2) is 40.9 Å². The highest BCUT2D eigenvalue weighted by atomic mass is 19.4. The van der Waals surface area contributed by atoms with Crippen LogP contribution in [0.5, 0.6) is 0 Å². The van der Waals surface area contributed by atoms with Gasteiger partial charge in [0.25, 0.3) is 0 Å². The minimum Gasteiger partial charge on any atom is -0.394 e. The van der Waals surface area contributed by atoms with Gasteiger partial charge in [-0.2, -0.15) is 13.2 Å². The smallest absolute Gasteiger partial charge is 0.389 e. The van der Waals surface area contributed by atoms with Crippen LogP contribution in [0.25, 0.3) is 0 Å². The van der Waals surface area contributed by atoms with E-state index in [-0.39, 0.29) is 24.6 Å². The second-order valence-corrected chi connectivity index (χ2v) is 5.28. The van der Waals surface area contributed by atoms with E-state index in [9.17, 15) is 18.3 Å². The van der Waals surface area contributed by atoms with Crippen molar-refractivity contribution in [1.82, 2.24) is 4.90 Å². The maximum Gasteiger partial charge on any atom is 0.389 e. The maximum atomic E-state index is 12.2. The molecule has 5 heteroatoms. The Morgan fingerprint density at radius 2 is 2.18 bits per heavy atom. The van der Waals surface area contributed by atoms with Crippen molar-refractivity contribution in [3.63, 3.8) is 0 Å². The van der Waals surface area contributed by atoms with E-state index in [4.69, 9.17) is 0 Å². The van der Waals surface area contributed by atoms with Crippen LogP contribution in [0.4, 0.5) is 13.2 Å². The molecule has 0 saturated carbocycles. The molecule has 2 fully saturated rings. The Labute approximate surface area is 99.1 Å². The molecule has 0 amide bonds. The summed E-state index contributed by atoms with van der Waals surface area (Å²) >= 11 is 0. The molecule has 98 valence electrons. The van der Waals surface area contributed by atoms with Crippen LogP contribution in [0.3, 0.4) is 0 Å². The van der Waals surface area contributed by atoms with E-state index in [2.05, 4.69) is 6.58 Å². The standard InChI is InChI=1S/C12H18F3NO/c1-9-6-11(8-17)4-2-10(16(11)7-9)3-5-12(13,14)15/h10,17H,1-8H2/t10-,11?/m0/s1. The third kappa shape index (κ3) is 2.50. The zero-order valence-corrected chi connectivity index (χ0v) is 9.76. The summed E-state index contributed by atoms with van der Waals surface area (Å²) in [4.78, 5) is 2.04. The maximum absolute atomic E-state index is 12.2. The van der Waals surface area contributed by atoms with Crippen molar-refractivity contribution >= 4 is 0 Å². The molecule has 2 aliphatic heterocycles. The summed E-state index contributed by atoms with van der Waals surface area (Å²) in [7, 11) is 0. The first-order valence-electron chi connectivity index (χ1n) is 5.97. The Hall–Kier alpha value is -0.550. The van der Waals surface area contributed by atoms with Gasteiger partial charge in [-0.3, -0.25) is 4.90 Å². The van der Waals surface area contributed by atoms with E-state index in [1.165, 1.54) is 0 Å². The first-order chi connectivity index (χ1) is 7.86. The molecule has 2 aliphatic rings. The SMILES string of the molecule is C=C1CN2[C@H](CCC(F)(F)F)CCC2(CO)C1. The van der Waals surface area contributed by atoms with E-state index in [0.29, 0.717) is 6.54 Å². The molecule has 0 spiro atoms. The molecule has 1 unspecified atom stereocenters. The molecule has 0 aliphatic carbocycles. The lowest BCUT2D eigenvalue weighted by atomic mass is 9.94. The number of halogens is 3. The zero-order chi connectivity index (χ0) is 12.7. The van der Waals surface area contributed by atoms with Crippen LogP contribution < -0.4 is 0 Å². The molecule has 2 rings (SSSR count). The molecule has 2 heterocycles. The van der Waals surface area contributed by atoms with Crippen molar-refractivity contribution < 1.29 is 18.3 Å². The fourth-order valence-electron chi connectivity index (χ4n) is 3.23. The molecule has 2 nitrogen and oxygen atoms in total. The van der Waals surface area contributed by atoms with Crippen LogP contribution in [0.1, 0.15) is 32.1 Å². The van der Waals surface area contributed by atoms with Crippen LogP contribution >= 0.6 is 0 Å². The summed E-state index contributed by atoms with van der Waals surface area (Å²) in [5.41, 5.74) is 0.712. The van der Waals surface area contributed by atoms with Crippen molar-refractivity contribution in [2.24, 2.45) is 0 Å². The van der Waals surface area contributed by atoms with Crippen molar-refractivity contribution in [1.29, 1.82) is 0 Å². The average Bonchev–Trinajstić information content (AvgIpc) is 2.69. The summed E-state index contributed by atoms with van der Waals surface area (Å²) in [5.74, 6) is 0. The van der Waals surface area contributed by atoms with Crippen molar-refractivity contribution in [2.75, 3.05) is 13.2 Å². The summed E-state index contributed by atoms with van der Waals surface area (Å²) in [6, 6.07) is -0.0528. The Bertz CT molecular complexity index is 315. The molecular weight excluding hydrogens is 231 g/mol. The van der Waals surface area contributed by atoms with Crippen molar-refractivity contribution in [3.8, 4) is 0 Å². The molecule has 0 radical (unpaired) electrons. The molecule has 1 N–H and O–H groups in total. The second-order valence-electron chi connectivity index (χ2n) is 5.28. The summed E-state index contributed by atoms with van der Waals surface area (Å²) in [6.07, 6.45) is -2.41. The topological polar surface area (TPSA) is 23.5 Å². The van der Waals surface area contributed by atoms with Gasteiger partial charge in [0.2, 0.25) is 0 Å². The third-order valence-electron chi connectivity index (χ3n) is 4.02. The molecule has 0 aromatic rings. The van der Waals surface area contributed by atoms with Gasteiger partial charge in [-0.1, -0.05) is 12.2 Å². The number of aliphatic hydroxyl groups is 1. The minimum absolute atomic E-state index is 0.0224. The van der Waals surface area contributed by atoms with E-state index in [0.717, 1.165) is 24.8 Å². The predicted octanol–water partition coefficient (Wildman–Crippen LogP) is 2.48. The fourth-order valence-corrected chi connectivity index (χ4v) is 3.23. The quantitative estimate of drug-likeness (QED) is 0.777. The normalized spacial score (nSPS) is 34.4. The van der Waals surface area contributed by atoms with Gasteiger partial charge in [0.15, 0.2) is 0 Å². The van der Waals surface area contributed by atoms with E-state index < -0.39 is 12.6 Å². The number of hydrogen-bond acceptors (Lipinski definition) is 2. The summed E-state index contributed by atoms with van der Waals surface area (Å²) in [6.45, 7) is 4.56. The number of aliphatic hydroxyl groups excluding tert-OH is 1. The van der Waals surface area contributed by atoms with Gasteiger partial charge < -0.3 is 5.11 Å². The number of rotatable bonds is 3. The monoisotopic (exact) mass is 249 g/mol. The van der Waals surface area contributed by atoms with Crippen LogP contribution in [0.15, 0.2) is 12.2 Å². The summed E-state index contributed by atoms with van der Waals surface area (Å²) in [5, 5.41) is 9.49. The number of fused-ring (bicyclic) bond motifs is 1. The predicted molar refractivity (Wildman–Crippen MR) is 58.6 cm³/mol. The molecule has 0 aromatic heterocycles.